The van der Waals surface area contributed by atoms with Gasteiger partial charge in [-0.3, -0.25) is 18.7 Å². The van der Waals surface area contributed by atoms with E-state index in [-0.39, 0.29) is 24.6 Å². The van der Waals surface area contributed by atoms with Crippen LogP contribution in [0.3, 0.4) is 0 Å². The van der Waals surface area contributed by atoms with E-state index in [1.165, 1.54) is 25.4 Å². The van der Waals surface area contributed by atoms with Crippen molar-refractivity contribution >= 4 is 33.1 Å². The van der Waals surface area contributed by atoms with Crippen molar-refractivity contribution in [3.63, 3.8) is 0 Å². The number of hydrogen-bond donors (Lipinski definition) is 0. The molecule has 2 aromatic carbocycles. The van der Waals surface area contributed by atoms with Gasteiger partial charge in [0.05, 0.1) is 19.2 Å². The lowest BCUT2D eigenvalue weighted by Crippen LogP contribution is -2.42. The number of fused-ring (bicyclic) bond motifs is 1. The van der Waals surface area contributed by atoms with Gasteiger partial charge in [0.15, 0.2) is 0 Å². The molecule has 8 heteroatoms. The van der Waals surface area contributed by atoms with E-state index in [9.17, 15) is 14.4 Å². The highest BCUT2D eigenvalue weighted by atomic mass is 32.1. The zero-order valence-electron chi connectivity index (χ0n) is 17.1. The molecule has 4 rings (SSSR count). The van der Waals surface area contributed by atoms with Gasteiger partial charge in [-0.2, -0.15) is 0 Å². The molecule has 0 atom stereocenters. The molecule has 0 radical (unpaired) electrons. The molecule has 0 aliphatic heterocycles. The predicted molar refractivity (Wildman–Crippen MR) is 122 cm³/mol. The van der Waals surface area contributed by atoms with Crippen LogP contribution in [-0.4, -0.2) is 29.2 Å². The summed E-state index contributed by atoms with van der Waals surface area (Å²) in [6.45, 7) is -0.0570. The van der Waals surface area contributed by atoms with Crippen molar-refractivity contribution in [1.29, 1.82) is 0 Å². The molecule has 0 fully saturated rings. The van der Waals surface area contributed by atoms with Crippen molar-refractivity contribution in [3.8, 4) is 5.75 Å². The molecule has 158 valence electrons. The lowest BCUT2D eigenvalue weighted by molar-refractivity contribution is -0.118. The third kappa shape index (κ3) is 4.02. The summed E-state index contributed by atoms with van der Waals surface area (Å²) in [5.74, 6) is 0.437. The standard InChI is InChI=1S/C23H21N3O4S/c1-24(17-6-4-3-5-7-17)20(27)15-25-19-12-13-31-21(19)22(28)26(23(25)29)14-16-8-10-18(30-2)11-9-16/h3-13H,14-15H2,1-2H3. The van der Waals surface area contributed by atoms with Crippen molar-refractivity contribution < 1.29 is 9.53 Å². The van der Waals surface area contributed by atoms with Gasteiger partial charge in [0.1, 0.15) is 17.0 Å². The fourth-order valence-corrected chi connectivity index (χ4v) is 4.22. The molecule has 2 heterocycles. The maximum Gasteiger partial charge on any atom is 0.332 e. The maximum absolute atomic E-state index is 13.3. The van der Waals surface area contributed by atoms with E-state index < -0.39 is 5.69 Å². The van der Waals surface area contributed by atoms with Gasteiger partial charge in [-0.05, 0) is 41.3 Å². The smallest absolute Gasteiger partial charge is 0.332 e. The number of likely N-dealkylation sites (N-methyl/N-ethyl adjacent to an activating group) is 1. The second kappa shape index (κ2) is 8.61. The molecule has 4 aromatic rings. The number of anilines is 1. The molecular formula is C23H21N3O4S. The number of amides is 1. The number of carbonyl (C=O) groups excluding carboxylic acids is 1. The third-order valence-electron chi connectivity index (χ3n) is 5.15. The highest BCUT2D eigenvalue weighted by Crippen LogP contribution is 2.17. The van der Waals surface area contributed by atoms with E-state index >= 15 is 0 Å². The predicted octanol–water partition coefficient (Wildman–Crippen LogP) is 2.94. The molecule has 31 heavy (non-hydrogen) atoms. The SMILES string of the molecule is COc1ccc(Cn2c(=O)c3sccc3n(CC(=O)N(C)c3ccccc3)c2=O)cc1. The van der Waals surface area contributed by atoms with E-state index in [1.54, 1.807) is 37.7 Å². The molecule has 1 amide bonds. The summed E-state index contributed by atoms with van der Waals surface area (Å²) in [5, 5.41) is 1.76. The summed E-state index contributed by atoms with van der Waals surface area (Å²) in [7, 11) is 3.24. The zero-order valence-corrected chi connectivity index (χ0v) is 18.0. The van der Waals surface area contributed by atoms with Crippen molar-refractivity contribution in [2.24, 2.45) is 0 Å². The summed E-state index contributed by atoms with van der Waals surface area (Å²) in [6, 6.07) is 18.1. The van der Waals surface area contributed by atoms with Gasteiger partial charge in [0, 0.05) is 12.7 Å². The first-order valence-corrected chi connectivity index (χ1v) is 10.5. The minimum atomic E-state index is -0.512. The first-order valence-electron chi connectivity index (χ1n) is 9.65. The lowest BCUT2D eigenvalue weighted by Gasteiger charge is -2.19. The van der Waals surface area contributed by atoms with Crippen LogP contribution in [0.25, 0.3) is 10.2 Å². The van der Waals surface area contributed by atoms with Crippen LogP contribution in [0.15, 0.2) is 75.6 Å². The minimum Gasteiger partial charge on any atom is -0.497 e. The van der Waals surface area contributed by atoms with Crippen molar-refractivity contribution in [1.82, 2.24) is 9.13 Å². The van der Waals surface area contributed by atoms with Crippen LogP contribution in [0.5, 0.6) is 5.75 Å². The molecule has 0 saturated heterocycles. The van der Waals surface area contributed by atoms with E-state index in [4.69, 9.17) is 4.74 Å². The fraction of sp³-hybridized carbons (Fsp3) is 0.174. The molecule has 0 aliphatic carbocycles. The highest BCUT2D eigenvalue weighted by Gasteiger charge is 2.19. The van der Waals surface area contributed by atoms with Gasteiger partial charge in [0.25, 0.3) is 5.56 Å². The van der Waals surface area contributed by atoms with E-state index in [0.29, 0.717) is 16.0 Å². The second-order valence-electron chi connectivity index (χ2n) is 7.03. The Morgan fingerprint density at radius 2 is 1.71 bits per heavy atom. The number of para-hydroxylation sites is 1. The van der Waals surface area contributed by atoms with Gasteiger partial charge >= 0.3 is 5.69 Å². The van der Waals surface area contributed by atoms with E-state index in [1.807, 2.05) is 42.5 Å². The largest absolute Gasteiger partial charge is 0.497 e. The van der Waals surface area contributed by atoms with Crippen LogP contribution in [0, 0.1) is 0 Å². The topological polar surface area (TPSA) is 73.5 Å². The number of rotatable bonds is 6. The molecule has 0 saturated carbocycles. The van der Waals surface area contributed by atoms with Crippen molar-refractivity contribution in [2.45, 2.75) is 13.1 Å². The summed E-state index contributed by atoms with van der Waals surface area (Å²) in [6.07, 6.45) is 0. The number of aromatic nitrogens is 2. The lowest BCUT2D eigenvalue weighted by atomic mass is 10.2. The first-order chi connectivity index (χ1) is 15.0. The Labute approximate surface area is 182 Å². The van der Waals surface area contributed by atoms with Crippen LogP contribution < -0.4 is 20.9 Å². The molecule has 0 N–H and O–H groups in total. The van der Waals surface area contributed by atoms with Crippen LogP contribution in [-0.2, 0) is 17.9 Å². The Hall–Kier alpha value is -3.65. The van der Waals surface area contributed by atoms with Crippen LogP contribution in [0.2, 0.25) is 0 Å². The molecule has 0 bridgehead atoms. The minimum absolute atomic E-state index is 0.109. The Bertz CT molecular complexity index is 1340. The quantitative estimate of drug-likeness (QED) is 0.467. The Kier molecular flexibility index (Phi) is 5.73. The molecule has 7 nitrogen and oxygen atoms in total. The number of carbonyl (C=O) groups is 1. The van der Waals surface area contributed by atoms with E-state index in [2.05, 4.69) is 0 Å². The maximum atomic E-state index is 13.3. The molecular weight excluding hydrogens is 414 g/mol. The zero-order chi connectivity index (χ0) is 22.0. The first kappa shape index (κ1) is 20.6. The molecule has 0 aliphatic rings. The van der Waals surface area contributed by atoms with Gasteiger partial charge < -0.3 is 9.64 Å². The molecule has 0 unspecified atom stereocenters. The Morgan fingerprint density at radius 3 is 2.39 bits per heavy atom. The highest BCUT2D eigenvalue weighted by molar-refractivity contribution is 7.17. The van der Waals surface area contributed by atoms with Crippen LogP contribution in [0.4, 0.5) is 5.69 Å². The van der Waals surface area contributed by atoms with Crippen molar-refractivity contribution in [2.75, 3.05) is 19.1 Å². The van der Waals surface area contributed by atoms with Gasteiger partial charge in [-0.25, -0.2) is 4.79 Å². The van der Waals surface area contributed by atoms with Gasteiger partial charge in [-0.1, -0.05) is 30.3 Å². The third-order valence-corrected chi connectivity index (χ3v) is 6.04. The normalized spacial score (nSPS) is 10.9. The number of thiophene rings is 1. The van der Waals surface area contributed by atoms with E-state index in [0.717, 1.165) is 11.3 Å². The molecule has 0 spiro atoms. The van der Waals surface area contributed by atoms with Gasteiger partial charge in [-0.15, -0.1) is 11.3 Å². The number of hydrogen-bond acceptors (Lipinski definition) is 5. The monoisotopic (exact) mass is 435 g/mol. The van der Waals surface area contributed by atoms with Crippen molar-refractivity contribution in [3.05, 3.63) is 92.4 Å². The number of ether oxygens (including phenoxy) is 1. The van der Waals surface area contributed by atoms with Crippen LogP contribution in [0.1, 0.15) is 5.56 Å². The number of methoxy groups -OCH3 is 1. The molecule has 2 aromatic heterocycles. The fourth-order valence-electron chi connectivity index (χ4n) is 3.38. The summed E-state index contributed by atoms with van der Waals surface area (Å²) < 4.78 is 8.16. The summed E-state index contributed by atoms with van der Waals surface area (Å²) in [4.78, 5) is 40.7. The van der Waals surface area contributed by atoms with Crippen LogP contribution >= 0.6 is 11.3 Å². The summed E-state index contributed by atoms with van der Waals surface area (Å²) in [5.41, 5.74) is 1.12. The second-order valence-corrected chi connectivity index (χ2v) is 7.95. The summed E-state index contributed by atoms with van der Waals surface area (Å²) >= 11 is 1.26. The van der Waals surface area contributed by atoms with Gasteiger partial charge in [0.2, 0.25) is 5.91 Å². The average molecular weight is 436 g/mol. The average Bonchev–Trinajstić information content (AvgIpc) is 3.30. The Balaban J connectivity index is 1.73. The number of nitrogens with zero attached hydrogens (tertiary/aromatic N) is 3. The Morgan fingerprint density at radius 1 is 1.00 bits per heavy atom. The number of benzene rings is 2.